The van der Waals surface area contributed by atoms with Crippen molar-refractivity contribution in [2.45, 2.75) is 35.3 Å². The minimum Gasteiger partial charge on any atom is -0.386 e. The molecular weight excluding hydrogens is 485 g/mol. The number of pyridine rings is 1. The third kappa shape index (κ3) is 3.19. The Morgan fingerprint density at radius 1 is 1.34 bits per heavy atom. The van der Waals surface area contributed by atoms with Crippen molar-refractivity contribution in [1.82, 2.24) is 4.98 Å². The smallest absolute Gasteiger partial charge is 0.275 e. The number of nitrogens with zero attached hydrogens (tertiary/aromatic N) is 2. The minimum absolute atomic E-state index is 0.0218. The fraction of sp³-hybridized carbons (Fsp3) is 0.350. The molecule has 170 valence electrons. The highest BCUT2D eigenvalue weighted by atomic mass is 35.5. The van der Waals surface area contributed by atoms with Crippen LogP contribution in [0.3, 0.4) is 0 Å². The number of alkyl halides is 1. The lowest BCUT2D eigenvalue weighted by molar-refractivity contribution is 0.102. The van der Waals surface area contributed by atoms with E-state index in [-0.39, 0.29) is 45.7 Å². The van der Waals surface area contributed by atoms with E-state index in [0.29, 0.717) is 0 Å². The molecule has 1 saturated heterocycles. The van der Waals surface area contributed by atoms with E-state index in [9.17, 15) is 22.0 Å². The third-order valence-corrected chi connectivity index (χ3v) is 9.73. The molecule has 1 fully saturated rings. The Morgan fingerprint density at radius 3 is 2.72 bits per heavy atom. The van der Waals surface area contributed by atoms with Crippen LogP contribution in [0, 0.1) is 5.82 Å². The SMILES string of the molecule is C[C@]1(c2cc(NC(=O)c3ncc(Cl)cc3Cl)ccc2F)N=C(N)[C@@]2(CF)CC[C@@H]1S2(=O)=O. The molecule has 0 unspecified atom stereocenters. The number of amidine groups is 1. The van der Waals surface area contributed by atoms with E-state index in [1.54, 1.807) is 0 Å². The van der Waals surface area contributed by atoms with E-state index in [2.05, 4.69) is 15.3 Å². The van der Waals surface area contributed by atoms with Crippen molar-refractivity contribution in [3.63, 3.8) is 0 Å². The number of aliphatic imine (C=N–C) groups is 1. The summed E-state index contributed by atoms with van der Waals surface area (Å²) in [6, 6.07) is 5.01. The van der Waals surface area contributed by atoms with Gasteiger partial charge in [-0.05, 0) is 44.0 Å². The number of nitrogens with one attached hydrogen (secondary N) is 1. The predicted molar refractivity (Wildman–Crippen MR) is 118 cm³/mol. The zero-order valence-electron chi connectivity index (χ0n) is 16.7. The summed E-state index contributed by atoms with van der Waals surface area (Å²) in [7, 11) is -4.08. The number of aromatic nitrogens is 1. The summed E-state index contributed by atoms with van der Waals surface area (Å²) in [6.45, 7) is 0.252. The molecule has 0 aliphatic carbocycles. The van der Waals surface area contributed by atoms with Gasteiger partial charge >= 0.3 is 0 Å². The Bertz CT molecular complexity index is 1270. The van der Waals surface area contributed by atoms with Gasteiger partial charge in [-0.25, -0.2) is 22.2 Å². The third-order valence-electron chi connectivity index (χ3n) is 6.18. The molecule has 0 saturated carbocycles. The molecule has 2 bridgehead atoms. The molecule has 1 aromatic heterocycles. The molecule has 1 amide bonds. The van der Waals surface area contributed by atoms with Gasteiger partial charge in [0.05, 0.1) is 15.3 Å². The number of sulfone groups is 1. The number of carbonyl (C=O) groups excluding carboxylic acids is 1. The maximum absolute atomic E-state index is 14.9. The fourth-order valence-electron chi connectivity index (χ4n) is 4.42. The second kappa shape index (κ2) is 7.64. The first-order chi connectivity index (χ1) is 15.0. The van der Waals surface area contributed by atoms with E-state index in [4.69, 9.17) is 28.9 Å². The van der Waals surface area contributed by atoms with Gasteiger partial charge in [-0.3, -0.25) is 9.79 Å². The van der Waals surface area contributed by atoms with Crippen LogP contribution in [0.5, 0.6) is 0 Å². The molecule has 2 aliphatic heterocycles. The van der Waals surface area contributed by atoms with E-state index >= 15 is 0 Å². The van der Waals surface area contributed by atoms with E-state index < -0.39 is 43.8 Å². The van der Waals surface area contributed by atoms with E-state index in [1.807, 2.05) is 0 Å². The Balaban J connectivity index is 1.75. The molecule has 2 aromatic rings. The van der Waals surface area contributed by atoms with Crippen molar-refractivity contribution in [1.29, 1.82) is 0 Å². The molecule has 2 aliphatic rings. The van der Waals surface area contributed by atoms with Gasteiger partial charge in [-0.15, -0.1) is 0 Å². The van der Waals surface area contributed by atoms with Gasteiger partial charge in [0.1, 0.15) is 29.6 Å². The molecule has 3 heterocycles. The van der Waals surface area contributed by atoms with Crippen molar-refractivity contribution in [2.75, 3.05) is 12.0 Å². The van der Waals surface area contributed by atoms with Gasteiger partial charge in [0.2, 0.25) is 0 Å². The summed E-state index contributed by atoms with van der Waals surface area (Å²) in [4.78, 5) is 20.8. The topological polar surface area (TPSA) is 115 Å². The predicted octanol–water partition coefficient (Wildman–Crippen LogP) is 3.65. The van der Waals surface area contributed by atoms with Crippen LogP contribution in [0.4, 0.5) is 14.5 Å². The Hall–Kier alpha value is -2.30. The van der Waals surface area contributed by atoms with Crippen molar-refractivity contribution in [3.05, 3.63) is 57.6 Å². The summed E-state index contributed by atoms with van der Waals surface area (Å²) in [5.41, 5.74) is 4.31. The van der Waals surface area contributed by atoms with Crippen LogP contribution < -0.4 is 11.1 Å². The van der Waals surface area contributed by atoms with Crippen LogP contribution in [0.25, 0.3) is 0 Å². The maximum Gasteiger partial charge on any atom is 0.275 e. The summed E-state index contributed by atoms with van der Waals surface area (Å²) in [5, 5.41) is 1.66. The van der Waals surface area contributed by atoms with Crippen molar-refractivity contribution < 1.29 is 22.0 Å². The van der Waals surface area contributed by atoms with E-state index in [0.717, 1.165) is 6.07 Å². The van der Waals surface area contributed by atoms with Crippen LogP contribution in [0.2, 0.25) is 10.0 Å². The molecule has 7 nitrogen and oxygen atoms in total. The molecule has 0 spiro atoms. The number of carbonyl (C=O) groups is 1. The normalized spacial score (nSPS) is 28.3. The maximum atomic E-state index is 14.9. The van der Waals surface area contributed by atoms with Gasteiger partial charge in [0, 0.05) is 17.4 Å². The molecule has 1 aromatic carbocycles. The summed E-state index contributed by atoms with van der Waals surface area (Å²) in [6.07, 6.45) is 1.30. The lowest BCUT2D eigenvalue weighted by Gasteiger charge is -2.39. The van der Waals surface area contributed by atoms with Gasteiger partial charge in [-0.1, -0.05) is 23.2 Å². The average Bonchev–Trinajstić information content (AvgIpc) is 2.92. The number of benzene rings is 1. The van der Waals surface area contributed by atoms with Gasteiger partial charge in [-0.2, -0.15) is 0 Å². The number of rotatable bonds is 4. The van der Waals surface area contributed by atoms with Crippen molar-refractivity contribution in [3.8, 4) is 0 Å². The molecular formula is C20H18Cl2F2N4O3S. The monoisotopic (exact) mass is 502 g/mol. The first-order valence-electron chi connectivity index (χ1n) is 9.54. The van der Waals surface area contributed by atoms with Crippen LogP contribution >= 0.6 is 23.2 Å². The quantitative estimate of drug-likeness (QED) is 0.661. The largest absolute Gasteiger partial charge is 0.386 e. The number of fused-ring (bicyclic) bond motifs is 2. The number of amides is 1. The first kappa shape index (κ1) is 22.9. The van der Waals surface area contributed by atoms with Crippen LogP contribution in [0.1, 0.15) is 35.8 Å². The summed E-state index contributed by atoms with van der Waals surface area (Å²) < 4.78 is 53.1. The number of nitrogens with two attached hydrogens (primary N) is 1. The second-order valence-electron chi connectivity index (χ2n) is 7.98. The lowest BCUT2D eigenvalue weighted by atomic mass is 9.86. The van der Waals surface area contributed by atoms with Gasteiger partial charge in [0.15, 0.2) is 14.6 Å². The Morgan fingerprint density at radius 2 is 2.06 bits per heavy atom. The van der Waals surface area contributed by atoms with Gasteiger partial charge in [0.25, 0.3) is 5.91 Å². The number of anilines is 1. The Kier molecular flexibility index (Phi) is 5.46. The number of hydrogen-bond acceptors (Lipinski definition) is 6. The number of halogens is 4. The lowest BCUT2D eigenvalue weighted by Crippen LogP contribution is -2.58. The minimum atomic E-state index is -4.08. The van der Waals surface area contributed by atoms with E-state index in [1.165, 1.54) is 31.3 Å². The molecule has 12 heteroatoms. The first-order valence-corrected chi connectivity index (χ1v) is 11.8. The van der Waals surface area contributed by atoms with Crippen LogP contribution in [-0.2, 0) is 15.4 Å². The fourth-order valence-corrected chi connectivity index (χ4v) is 7.54. The summed E-state index contributed by atoms with van der Waals surface area (Å²) >= 11 is 11.8. The molecule has 3 atom stereocenters. The highest BCUT2D eigenvalue weighted by molar-refractivity contribution is 7.94. The second-order valence-corrected chi connectivity index (χ2v) is 11.3. The molecule has 4 rings (SSSR count). The number of hydrogen-bond donors (Lipinski definition) is 2. The highest BCUT2D eigenvalue weighted by Crippen LogP contribution is 2.52. The van der Waals surface area contributed by atoms with Crippen molar-refractivity contribution >= 4 is 50.5 Å². The van der Waals surface area contributed by atoms with Crippen LogP contribution in [0.15, 0.2) is 35.5 Å². The summed E-state index contributed by atoms with van der Waals surface area (Å²) in [5.74, 6) is -1.78. The zero-order valence-corrected chi connectivity index (χ0v) is 19.0. The molecule has 32 heavy (non-hydrogen) atoms. The average molecular weight is 503 g/mol. The Labute approximate surface area is 192 Å². The van der Waals surface area contributed by atoms with Crippen molar-refractivity contribution in [2.24, 2.45) is 10.7 Å². The highest BCUT2D eigenvalue weighted by Gasteiger charge is 2.65. The van der Waals surface area contributed by atoms with Gasteiger partial charge < -0.3 is 11.1 Å². The zero-order chi connectivity index (χ0) is 23.5. The van der Waals surface area contributed by atoms with Crippen LogP contribution in [-0.4, -0.2) is 41.8 Å². The standard InChI is InChI=1S/C20H18Cl2F2N4O3S/c1-19(15-4-5-20(9-23,18(25)28-19)32(15,30)31)12-7-11(2-3-14(12)24)27-17(29)16-13(22)6-10(21)8-26-16/h2-3,6-8,15H,4-5,9H2,1H3,(H2,25,28)(H,27,29)/t15-,19+,20-/m0/s1. The molecule has 3 N–H and O–H groups in total. The molecule has 0 radical (unpaired) electrons.